The molecule has 0 unspecified atom stereocenters. The number of cyclic esters (lactones) is 1. The first-order valence-electron chi connectivity index (χ1n) is 11.3. The third-order valence-corrected chi connectivity index (χ3v) is 10.1. The minimum atomic E-state index is -1.15. The average Bonchev–Trinajstić information content (AvgIpc) is 3.29. The average molecular weight is 402 g/mol. The highest BCUT2D eigenvalue weighted by Gasteiger charge is 2.80. The van der Waals surface area contributed by atoms with Gasteiger partial charge in [0.05, 0.1) is 11.7 Å². The van der Waals surface area contributed by atoms with Crippen LogP contribution in [0.3, 0.4) is 0 Å². The molecule has 6 heteroatoms. The van der Waals surface area contributed by atoms with E-state index in [0.29, 0.717) is 38.2 Å². The molecule has 8 atom stereocenters. The van der Waals surface area contributed by atoms with Gasteiger partial charge in [-0.05, 0) is 68.3 Å². The van der Waals surface area contributed by atoms with Crippen LogP contribution < -0.4 is 0 Å². The number of carbonyl (C=O) groups is 2. The molecule has 1 spiro atoms. The van der Waals surface area contributed by atoms with Gasteiger partial charge in [-0.2, -0.15) is 0 Å². The van der Waals surface area contributed by atoms with Crippen LogP contribution in [0.1, 0.15) is 64.7 Å². The SMILES string of the molecule is C[C@]12CC[C@H]3[C@@]4(CC[C@@]5(O)C[C@@H](O)CC[C@]35C(=O)O4)[C@@H]1CC[C@@H]2C1=CC(=O)OC1. The van der Waals surface area contributed by atoms with Gasteiger partial charge >= 0.3 is 11.9 Å². The van der Waals surface area contributed by atoms with Gasteiger partial charge in [0.1, 0.15) is 17.6 Å². The van der Waals surface area contributed by atoms with Gasteiger partial charge < -0.3 is 19.7 Å². The first kappa shape index (κ1) is 18.4. The van der Waals surface area contributed by atoms with Gasteiger partial charge in [0.25, 0.3) is 0 Å². The fourth-order valence-corrected chi connectivity index (χ4v) is 8.96. The summed E-state index contributed by atoms with van der Waals surface area (Å²) >= 11 is 0. The molecular weight excluding hydrogens is 372 g/mol. The van der Waals surface area contributed by atoms with Gasteiger partial charge in [-0.15, -0.1) is 0 Å². The number of hydrogen-bond donors (Lipinski definition) is 2. The van der Waals surface area contributed by atoms with E-state index in [1.54, 1.807) is 6.08 Å². The zero-order valence-electron chi connectivity index (χ0n) is 17.0. The molecule has 0 aromatic carbocycles. The molecule has 0 radical (unpaired) electrons. The summed E-state index contributed by atoms with van der Waals surface area (Å²) in [7, 11) is 0. The topological polar surface area (TPSA) is 93.1 Å². The molecule has 0 aromatic heterocycles. The largest absolute Gasteiger partial charge is 0.458 e. The van der Waals surface area contributed by atoms with Gasteiger partial charge in [0, 0.05) is 24.3 Å². The van der Waals surface area contributed by atoms with E-state index in [0.717, 1.165) is 31.3 Å². The van der Waals surface area contributed by atoms with Crippen LogP contribution in [0.4, 0.5) is 0 Å². The minimum absolute atomic E-state index is 0.0221. The van der Waals surface area contributed by atoms with Gasteiger partial charge in [-0.1, -0.05) is 6.92 Å². The Labute approximate surface area is 170 Å². The Morgan fingerprint density at radius 1 is 1.03 bits per heavy atom. The lowest BCUT2D eigenvalue weighted by Gasteiger charge is -2.61. The number of hydrogen-bond acceptors (Lipinski definition) is 6. The highest BCUT2D eigenvalue weighted by molar-refractivity contribution is 5.85. The zero-order valence-corrected chi connectivity index (χ0v) is 17.0. The van der Waals surface area contributed by atoms with E-state index in [-0.39, 0.29) is 35.6 Å². The van der Waals surface area contributed by atoms with E-state index < -0.39 is 22.7 Å². The molecule has 1 saturated heterocycles. The number of carbonyl (C=O) groups excluding carboxylic acids is 2. The Bertz CT molecular complexity index is 835. The van der Waals surface area contributed by atoms with E-state index in [4.69, 9.17) is 9.47 Å². The number of esters is 2. The molecule has 0 amide bonds. The fourth-order valence-electron chi connectivity index (χ4n) is 8.96. The lowest BCUT2D eigenvalue weighted by Crippen LogP contribution is -2.67. The van der Waals surface area contributed by atoms with Crippen molar-refractivity contribution in [3.63, 3.8) is 0 Å². The second-order valence-corrected chi connectivity index (χ2v) is 10.9. The molecule has 2 bridgehead atoms. The van der Waals surface area contributed by atoms with Crippen molar-refractivity contribution in [1.29, 1.82) is 0 Å². The molecule has 158 valence electrons. The molecule has 2 heterocycles. The quantitative estimate of drug-likeness (QED) is 0.654. The first-order chi connectivity index (χ1) is 13.8. The molecule has 0 aromatic rings. The third-order valence-electron chi connectivity index (χ3n) is 10.1. The third kappa shape index (κ3) is 1.96. The fraction of sp³-hybridized carbons (Fsp3) is 0.826. The molecule has 5 fully saturated rings. The summed E-state index contributed by atoms with van der Waals surface area (Å²) in [6.45, 7) is 2.71. The Balaban J connectivity index is 1.41. The molecule has 6 aliphatic rings. The van der Waals surface area contributed by atoms with Gasteiger partial charge in [0.2, 0.25) is 0 Å². The van der Waals surface area contributed by atoms with Crippen molar-refractivity contribution in [3.8, 4) is 0 Å². The molecule has 4 saturated carbocycles. The van der Waals surface area contributed by atoms with Crippen molar-refractivity contribution in [2.75, 3.05) is 6.61 Å². The highest BCUT2D eigenvalue weighted by atomic mass is 16.6. The highest BCUT2D eigenvalue weighted by Crippen LogP contribution is 2.74. The molecule has 6 rings (SSSR count). The van der Waals surface area contributed by atoms with Crippen LogP contribution in [-0.4, -0.2) is 46.1 Å². The van der Waals surface area contributed by atoms with E-state index in [1.165, 1.54) is 0 Å². The standard InChI is InChI=1S/C23H30O6/c1-20-6-5-17-22-7-4-14(24)11-21(22,27)8-9-23(17,29-19(22)26)16(20)3-2-15(20)13-10-18(25)28-12-13/h10,14-17,24,27H,2-9,11-12H2,1H3/t14-,15+,16+,17+,20+,21+,22+,23+/m0/s1. The minimum Gasteiger partial charge on any atom is -0.458 e. The molecule has 6 nitrogen and oxygen atoms in total. The van der Waals surface area contributed by atoms with Crippen LogP contribution in [0.15, 0.2) is 11.6 Å². The molecule has 29 heavy (non-hydrogen) atoms. The summed E-state index contributed by atoms with van der Waals surface area (Å²) < 4.78 is 11.6. The Morgan fingerprint density at radius 3 is 2.62 bits per heavy atom. The van der Waals surface area contributed by atoms with Crippen molar-refractivity contribution < 1.29 is 29.3 Å². The maximum absolute atomic E-state index is 13.4. The predicted octanol–water partition coefficient (Wildman–Crippen LogP) is 2.26. The smallest absolute Gasteiger partial charge is 0.331 e. The second-order valence-electron chi connectivity index (χ2n) is 10.9. The van der Waals surface area contributed by atoms with E-state index >= 15 is 0 Å². The van der Waals surface area contributed by atoms with E-state index in [9.17, 15) is 19.8 Å². The van der Waals surface area contributed by atoms with Crippen molar-refractivity contribution in [3.05, 3.63) is 11.6 Å². The van der Waals surface area contributed by atoms with Crippen LogP contribution in [0, 0.1) is 28.6 Å². The summed E-state index contributed by atoms with van der Waals surface area (Å²) in [6, 6.07) is 0. The molecule has 2 aliphatic heterocycles. The molecule has 4 aliphatic carbocycles. The number of aliphatic hydroxyl groups is 2. The molecule has 2 N–H and O–H groups in total. The van der Waals surface area contributed by atoms with Gasteiger partial charge in [-0.3, -0.25) is 4.79 Å². The lowest BCUT2D eigenvalue weighted by molar-refractivity contribution is -0.214. The van der Waals surface area contributed by atoms with Crippen molar-refractivity contribution in [2.45, 2.75) is 82.0 Å². The van der Waals surface area contributed by atoms with E-state index in [1.807, 2.05) is 0 Å². The molecular formula is C23H30O6. The number of ether oxygens (including phenoxy) is 2. The van der Waals surface area contributed by atoms with Gasteiger partial charge in [0.15, 0.2) is 0 Å². The Hall–Kier alpha value is -1.40. The van der Waals surface area contributed by atoms with Crippen LogP contribution in [0.5, 0.6) is 0 Å². The predicted molar refractivity (Wildman–Crippen MR) is 101 cm³/mol. The number of fused-ring (bicyclic) bond motifs is 1. The maximum atomic E-state index is 13.4. The van der Waals surface area contributed by atoms with Crippen LogP contribution in [0.25, 0.3) is 0 Å². The Morgan fingerprint density at radius 2 is 1.86 bits per heavy atom. The van der Waals surface area contributed by atoms with Crippen LogP contribution in [0.2, 0.25) is 0 Å². The summed E-state index contributed by atoms with van der Waals surface area (Å²) in [4.78, 5) is 25.1. The first-order valence-corrected chi connectivity index (χ1v) is 11.3. The second kappa shape index (κ2) is 5.44. The van der Waals surface area contributed by atoms with Gasteiger partial charge in [-0.25, -0.2) is 4.79 Å². The lowest BCUT2D eigenvalue weighted by atomic mass is 9.42. The summed E-state index contributed by atoms with van der Waals surface area (Å²) in [5.41, 5.74) is -1.42. The summed E-state index contributed by atoms with van der Waals surface area (Å²) in [6.07, 6.45) is 7.49. The Kier molecular flexibility index (Phi) is 3.45. The summed E-state index contributed by atoms with van der Waals surface area (Å²) in [5.74, 6) is 0.101. The van der Waals surface area contributed by atoms with Crippen LogP contribution >= 0.6 is 0 Å². The number of rotatable bonds is 1. The van der Waals surface area contributed by atoms with Crippen molar-refractivity contribution >= 4 is 11.9 Å². The van der Waals surface area contributed by atoms with Crippen LogP contribution in [-0.2, 0) is 19.1 Å². The monoisotopic (exact) mass is 402 g/mol. The van der Waals surface area contributed by atoms with E-state index in [2.05, 4.69) is 6.92 Å². The maximum Gasteiger partial charge on any atom is 0.331 e. The van der Waals surface area contributed by atoms with Crippen molar-refractivity contribution in [2.24, 2.45) is 28.6 Å². The number of aliphatic hydroxyl groups excluding tert-OH is 1. The zero-order chi connectivity index (χ0) is 20.2. The summed E-state index contributed by atoms with van der Waals surface area (Å²) in [5, 5.41) is 21.8. The van der Waals surface area contributed by atoms with Crippen molar-refractivity contribution in [1.82, 2.24) is 0 Å². The normalized spacial score (nSPS) is 55.5.